The number of ether oxygens (including phenoxy) is 1. The van der Waals surface area contributed by atoms with Gasteiger partial charge in [0.1, 0.15) is 28.5 Å². The molecule has 5 aromatic rings. The van der Waals surface area contributed by atoms with Crippen molar-refractivity contribution in [3.05, 3.63) is 129 Å². The number of nitro groups is 1. The summed E-state index contributed by atoms with van der Waals surface area (Å²) in [5, 5.41) is 15.7. The number of likely N-dealkylation sites (tertiary alicyclic amines) is 1. The molecule has 3 N–H and O–H groups in total. The summed E-state index contributed by atoms with van der Waals surface area (Å²) in [6.45, 7) is 10.2. The van der Waals surface area contributed by atoms with E-state index < -0.39 is 37.1 Å². The van der Waals surface area contributed by atoms with E-state index in [0.29, 0.717) is 24.5 Å². The number of aromatic nitrogens is 2. The summed E-state index contributed by atoms with van der Waals surface area (Å²) in [7, 11) is -2.73. The van der Waals surface area contributed by atoms with Crippen LogP contribution in [0.5, 0.6) is 11.5 Å². The van der Waals surface area contributed by atoms with Gasteiger partial charge in [0, 0.05) is 56.9 Å². The van der Waals surface area contributed by atoms with E-state index in [9.17, 15) is 23.3 Å². The first kappa shape index (κ1) is 43.7. The van der Waals surface area contributed by atoms with Gasteiger partial charge in [0.15, 0.2) is 0 Å². The minimum Gasteiger partial charge on any atom is -0.455 e. The summed E-state index contributed by atoms with van der Waals surface area (Å²) >= 11 is 0. The molecule has 2 aromatic heterocycles. The van der Waals surface area contributed by atoms with Gasteiger partial charge in [-0.05, 0) is 117 Å². The molecule has 0 radical (unpaired) electrons. The first-order chi connectivity index (χ1) is 30.0. The molecule has 15 heteroatoms. The lowest BCUT2D eigenvalue weighted by Crippen LogP contribution is -2.44. The molecule has 3 aliphatic rings. The third-order valence-electron chi connectivity index (χ3n) is 12.7. The van der Waals surface area contributed by atoms with Crippen molar-refractivity contribution in [3.63, 3.8) is 0 Å². The molecule has 1 aliphatic carbocycles. The first-order valence-corrected chi connectivity index (χ1v) is 22.9. The molecule has 1 amide bonds. The van der Waals surface area contributed by atoms with Crippen LogP contribution in [0.2, 0.25) is 0 Å². The van der Waals surface area contributed by atoms with Crippen molar-refractivity contribution in [3.8, 4) is 11.5 Å². The number of carbonyl (C=O) groups is 1. The maximum Gasteiger partial charge on any atom is 0.293 e. The van der Waals surface area contributed by atoms with Crippen molar-refractivity contribution in [2.24, 2.45) is 5.41 Å². The number of aryl methyl sites for hydroxylation is 1. The van der Waals surface area contributed by atoms with E-state index in [1.54, 1.807) is 24.4 Å². The molecule has 4 heterocycles. The molecule has 13 nitrogen and oxygen atoms in total. The largest absolute Gasteiger partial charge is 0.455 e. The minimum absolute atomic E-state index is 0.0252. The van der Waals surface area contributed by atoms with Crippen LogP contribution in [0, 0.1) is 22.5 Å². The molecule has 1 saturated heterocycles. The number of carbonyl (C=O) groups excluding carboxylic acids is 1. The predicted molar refractivity (Wildman–Crippen MR) is 244 cm³/mol. The van der Waals surface area contributed by atoms with Gasteiger partial charge in [-0.2, -0.15) is 0 Å². The van der Waals surface area contributed by atoms with Crippen molar-refractivity contribution in [2.75, 3.05) is 51.6 Å². The third kappa shape index (κ3) is 10.2. The molecule has 0 spiro atoms. The average molecular weight is 876 g/mol. The summed E-state index contributed by atoms with van der Waals surface area (Å²) in [5.41, 5.74) is 6.06. The zero-order chi connectivity index (χ0) is 44.5. The summed E-state index contributed by atoms with van der Waals surface area (Å²) in [6.07, 6.45) is 9.99. The molecule has 2 aliphatic heterocycles. The number of amides is 1. The van der Waals surface area contributed by atoms with Gasteiger partial charge in [-0.15, -0.1) is 0 Å². The highest BCUT2D eigenvalue weighted by Gasteiger charge is 2.35. The molecule has 0 unspecified atom stereocenters. The Labute approximate surface area is 367 Å². The number of rotatable bonds is 13. The highest BCUT2D eigenvalue weighted by atomic mass is 32.2. The second kappa shape index (κ2) is 17.7. The number of nitrogens with one attached hydrogen (secondary N) is 3. The van der Waals surface area contributed by atoms with Gasteiger partial charge in [-0.1, -0.05) is 61.4 Å². The van der Waals surface area contributed by atoms with Crippen LogP contribution in [-0.4, -0.2) is 91.0 Å². The molecule has 3 aromatic carbocycles. The number of pyridine rings is 1. The van der Waals surface area contributed by atoms with Gasteiger partial charge in [-0.3, -0.25) is 19.8 Å². The fraction of sp³-hybridized carbons (Fsp3) is 0.375. The Morgan fingerprint density at radius 1 is 0.984 bits per heavy atom. The quantitative estimate of drug-likeness (QED) is 0.0768. The number of nitro benzene ring substituents is 1. The fourth-order valence-corrected chi connectivity index (χ4v) is 9.70. The topological polar surface area (TPSA) is 163 Å². The number of H-pyrrole nitrogens is 1. The maximum atomic E-state index is 15.5. The van der Waals surface area contributed by atoms with Crippen LogP contribution in [-0.2, 0) is 10.0 Å². The Hall–Kier alpha value is -5.90. The normalized spacial score (nSPS) is 18.2. The highest BCUT2D eigenvalue weighted by Crippen LogP contribution is 2.44. The number of piperidine rings is 1. The summed E-state index contributed by atoms with van der Waals surface area (Å²) < 4.78 is 51.2. The Bertz CT molecular complexity index is 2720. The minimum atomic E-state index is -4.63. The summed E-state index contributed by atoms with van der Waals surface area (Å²) in [4.78, 5) is 36.7. The van der Waals surface area contributed by atoms with Gasteiger partial charge in [-0.25, -0.2) is 22.5 Å². The average Bonchev–Trinajstić information content (AvgIpc) is 3.73. The number of hydrogen-bond donors (Lipinski definition) is 3. The number of aromatic amines is 1. The van der Waals surface area contributed by atoms with E-state index in [1.165, 1.54) is 40.6 Å². The number of fused-ring (bicyclic) bond motifs is 1. The van der Waals surface area contributed by atoms with Crippen LogP contribution in [0.1, 0.15) is 79.4 Å². The van der Waals surface area contributed by atoms with Crippen LogP contribution in [0.3, 0.4) is 0 Å². The molecule has 0 saturated carbocycles. The van der Waals surface area contributed by atoms with Gasteiger partial charge in [0.05, 0.1) is 21.6 Å². The summed E-state index contributed by atoms with van der Waals surface area (Å²) in [6, 6.07) is 20.7. The smallest absolute Gasteiger partial charge is 0.293 e. The molecule has 330 valence electrons. The zero-order valence-corrected chi connectivity index (χ0v) is 37.0. The van der Waals surface area contributed by atoms with E-state index in [0.717, 1.165) is 74.0 Å². The number of halogens is 1. The Kier molecular flexibility index (Phi) is 12.3. The first-order valence-electron chi connectivity index (χ1n) is 21.4. The molecule has 8 rings (SSSR count). The molecular weight excluding hydrogens is 822 g/mol. The Morgan fingerprint density at radius 2 is 1.75 bits per heavy atom. The number of benzene rings is 3. The standard InChI is InChI=1S/C48H54FN7O6S/c1-32-5-7-34(8-6-32)41-28-47(2,3)17-13-37(41)30-55-21-15-33(16-22-55)35-9-11-40(44(26-35)62-38-25-36-14-20-50-45(36)51-29-38)46(57)53-63(60,61)39-10-12-42(43(27-39)56(58)59)52-31-48(49)18-23-54(4)24-19-48/h5-12,14-15,20,25-27,29,52H,13,16-19,21-24,28,30-31H2,1-4H3,(H,50,51)(H,53,57). The van der Waals surface area contributed by atoms with E-state index in [1.807, 2.05) is 18.0 Å². The molecule has 0 atom stereocenters. The molecule has 1 fully saturated rings. The lowest BCUT2D eigenvalue weighted by molar-refractivity contribution is -0.384. The van der Waals surface area contributed by atoms with Crippen molar-refractivity contribution in [2.45, 2.75) is 69.9 Å². The molecular formula is C48H54FN7O6S. The monoisotopic (exact) mass is 875 g/mol. The number of hydrogen-bond acceptors (Lipinski definition) is 10. The van der Waals surface area contributed by atoms with Gasteiger partial charge in [0.25, 0.3) is 21.6 Å². The van der Waals surface area contributed by atoms with Crippen LogP contribution < -0.4 is 14.8 Å². The molecule has 0 bridgehead atoms. The highest BCUT2D eigenvalue weighted by molar-refractivity contribution is 7.90. The van der Waals surface area contributed by atoms with Crippen molar-refractivity contribution < 1.29 is 27.3 Å². The maximum absolute atomic E-state index is 15.5. The number of anilines is 1. The number of sulfonamides is 1. The number of alkyl halides is 1. The lowest BCUT2D eigenvalue weighted by atomic mass is 9.72. The van der Waals surface area contributed by atoms with Crippen LogP contribution in [0.15, 0.2) is 102 Å². The molecule has 63 heavy (non-hydrogen) atoms. The van der Waals surface area contributed by atoms with E-state index >= 15 is 4.39 Å². The van der Waals surface area contributed by atoms with Crippen molar-refractivity contribution >= 4 is 49.5 Å². The van der Waals surface area contributed by atoms with Gasteiger partial charge >= 0.3 is 0 Å². The van der Waals surface area contributed by atoms with Gasteiger partial charge in [0.2, 0.25) is 0 Å². The number of nitrogens with zero attached hydrogens (tertiary/aromatic N) is 4. The SMILES string of the molecule is Cc1ccc(C2=C(CN3CC=C(c4ccc(C(=O)NS(=O)(=O)c5ccc(NCC6(F)CCN(C)CC6)c([N+](=O)[O-])c5)c(Oc5cnc6[nH]ccc6c5)c4)CC3)CCC(C)(C)C2)cc1. The third-order valence-corrected chi connectivity index (χ3v) is 14.0. The predicted octanol–water partition coefficient (Wildman–Crippen LogP) is 9.29. The second-order valence-electron chi connectivity index (χ2n) is 18.1. The summed E-state index contributed by atoms with van der Waals surface area (Å²) in [5.74, 6) is -0.546. The lowest BCUT2D eigenvalue weighted by Gasteiger charge is -2.36. The van der Waals surface area contributed by atoms with Crippen molar-refractivity contribution in [1.82, 2.24) is 24.5 Å². The Balaban J connectivity index is 1.02. The van der Waals surface area contributed by atoms with Gasteiger partial charge < -0.3 is 19.9 Å². The van der Waals surface area contributed by atoms with E-state index in [4.69, 9.17) is 4.74 Å². The fourth-order valence-electron chi connectivity index (χ4n) is 8.72. The van der Waals surface area contributed by atoms with Crippen LogP contribution in [0.25, 0.3) is 22.2 Å². The van der Waals surface area contributed by atoms with E-state index in [-0.39, 0.29) is 41.8 Å². The van der Waals surface area contributed by atoms with Crippen LogP contribution >= 0.6 is 0 Å². The zero-order valence-electron chi connectivity index (χ0n) is 36.2. The number of allylic oxidation sites excluding steroid dienone is 1. The van der Waals surface area contributed by atoms with Crippen LogP contribution in [0.4, 0.5) is 15.8 Å². The Morgan fingerprint density at radius 3 is 2.48 bits per heavy atom. The van der Waals surface area contributed by atoms with Crippen molar-refractivity contribution in [1.29, 1.82) is 0 Å². The second-order valence-corrected chi connectivity index (χ2v) is 19.8. The van der Waals surface area contributed by atoms with E-state index in [2.05, 4.69) is 76.0 Å².